The van der Waals surface area contributed by atoms with E-state index in [4.69, 9.17) is 18.9 Å². The predicted octanol–water partition coefficient (Wildman–Crippen LogP) is 3.73. The fraction of sp³-hybridized carbons (Fsp3) is 0.350. The SMILES string of the molecule is CCOc1cc([N+](=O)[O-])c(OCC)cc1CNC(=O)Nc1ccc(OC)c(OC)c1. The molecule has 0 aliphatic heterocycles. The summed E-state index contributed by atoms with van der Waals surface area (Å²) in [6.07, 6.45) is 0. The normalized spacial score (nSPS) is 10.1. The van der Waals surface area contributed by atoms with Gasteiger partial charge in [-0.05, 0) is 32.0 Å². The molecule has 2 N–H and O–H groups in total. The van der Waals surface area contributed by atoms with Crippen molar-refractivity contribution >= 4 is 17.4 Å². The van der Waals surface area contributed by atoms with Gasteiger partial charge in [-0.3, -0.25) is 10.1 Å². The molecule has 2 aromatic rings. The molecule has 0 aliphatic rings. The number of benzene rings is 2. The molecule has 10 heteroatoms. The maximum Gasteiger partial charge on any atom is 0.319 e. The second-order valence-electron chi connectivity index (χ2n) is 5.93. The van der Waals surface area contributed by atoms with E-state index in [2.05, 4.69) is 10.6 Å². The van der Waals surface area contributed by atoms with E-state index in [0.29, 0.717) is 35.1 Å². The first-order valence-electron chi connectivity index (χ1n) is 9.27. The summed E-state index contributed by atoms with van der Waals surface area (Å²) in [5, 5.41) is 16.7. The van der Waals surface area contributed by atoms with Crippen molar-refractivity contribution in [3.63, 3.8) is 0 Å². The quantitative estimate of drug-likeness (QED) is 0.444. The number of nitrogens with zero attached hydrogens (tertiary/aromatic N) is 1. The number of urea groups is 1. The standard InChI is InChI=1S/C20H25N3O7/c1-5-29-17-11-15(23(25)26)18(30-6-2)9-13(17)12-21-20(24)22-14-7-8-16(27-3)19(10-14)28-4/h7-11H,5-6,12H2,1-4H3,(H2,21,22,24). The van der Waals surface area contributed by atoms with Crippen LogP contribution in [0, 0.1) is 10.1 Å². The monoisotopic (exact) mass is 419 g/mol. The summed E-state index contributed by atoms with van der Waals surface area (Å²) in [7, 11) is 3.02. The van der Waals surface area contributed by atoms with Gasteiger partial charge in [-0.1, -0.05) is 0 Å². The van der Waals surface area contributed by atoms with Gasteiger partial charge in [0.25, 0.3) is 0 Å². The number of nitrogens with one attached hydrogen (secondary N) is 2. The van der Waals surface area contributed by atoms with Crippen LogP contribution < -0.4 is 29.6 Å². The molecule has 0 unspecified atom stereocenters. The van der Waals surface area contributed by atoms with E-state index in [9.17, 15) is 14.9 Å². The van der Waals surface area contributed by atoms with E-state index in [1.807, 2.05) is 0 Å². The number of methoxy groups -OCH3 is 2. The summed E-state index contributed by atoms with van der Waals surface area (Å²) in [4.78, 5) is 23.1. The number of rotatable bonds is 10. The van der Waals surface area contributed by atoms with Gasteiger partial charge in [0.2, 0.25) is 0 Å². The van der Waals surface area contributed by atoms with E-state index < -0.39 is 11.0 Å². The van der Waals surface area contributed by atoms with Crippen LogP contribution in [0.1, 0.15) is 19.4 Å². The first-order chi connectivity index (χ1) is 14.4. The Labute approximate surface area is 174 Å². The summed E-state index contributed by atoms with van der Waals surface area (Å²) in [6, 6.07) is 7.31. The van der Waals surface area contributed by atoms with Crippen LogP contribution in [0.3, 0.4) is 0 Å². The third-order valence-corrected chi connectivity index (χ3v) is 4.02. The number of hydrogen-bond donors (Lipinski definition) is 2. The lowest BCUT2D eigenvalue weighted by molar-refractivity contribution is -0.385. The van der Waals surface area contributed by atoms with Gasteiger partial charge in [0.05, 0.1) is 38.4 Å². The molecule has 2 rings (SSSR count). The highest BCUT2D eigenvalue weighted by Crippen LogP contribution is 2.35. The lowest BCUT2D eigenvalue weighted by Gasteiger charge is -2.14. The number of hydrogen-bond acceptors (Lipinski definition) is 7. The molecular weight excluding hydrogens is 394 g/mol. The Hall–Kier alpha value is -3.69. The Kier molecular flexibility index (Phi) is 8.09. The summed E-state index contributed by atoms with van der Waals surface area (Å²) in [5.74, 6) is 1.44. The third kappa shape index (κ3) is 5.66. The average Bonchev–Trinajstić information content (AvgIpc) is 2.73. The maximum absolute atomic E-state index is 12.3. The summed E-state index contributed by atoms with van der Waals surface area (Å²) in [6.45, 7) is 4.15. The summed E-state index contributed by atoms with van der Waals surface area (Å²) >= 11 is 0. The number of nitro groups is 1. The van der Waals surface area contributed by atoms with Gasteiger partial charge >= 0.3 is 11.7 Å². The fourth-order valence-corrected chi connectivity index (χ4v) is 2.70. The summed E-state index contributed by atoms with van der Waals surface area (Å²) in [5.41, 5.74) is 0.862. The van der Waals surface area contributed by atoms with Crippen LogP contribution in [-0.2, 0) is 6.54 Å². The van der Waals surface area contributed by atoms with Crippen LogP contribution in [0.25, 0.3) is 0 Å². The second-order valence-corrected chi connectivity index (χ2v) is 5.93. The Balaban J connectivity index is 2.16. The third-order valence-electron chi connectivity index (χ3n) is 4.02. The first kappa shape index (κ1) is 22.6. The number of anilines is 1. The summed E-state index contributed by atoms with van der Waals surface area (Å²) < 4.78 is 21.3. The van der Waals surface area contributed by atoms with Gasteiger partial charge in [-0.2, -0.15) is 0 Å². The Bertz CT molecular complexity index is 902. The maximum atomic E-state index is 12.3. The van der Waals surface area contributed by atoms with Gasteiger partial charge in [0.1, 0.15) is 5.75 Å². The molecule has 0 spiro atoms. The van der Waals surface area contributed by atoms with Crippen molar-refractivity contribution in [2.45, 2.75) is 20.4 Å². The molecule has 0 heterocycles. The molecule has 30 heavy (non-hydrogen) atoms. The number of nitro benzene ring substituents is 1. The minimum absolute atomic E-state index is 0.0759. The van der Waals surface area contributed by atoms with Crippen LogP contribution in [0.5, 0.6) is 23.0 Å². The van der Waals surface area contributed by atoms with Crippen LogP contribution in [0.4, 0.5) is 16.2 Å². The molecule has 0 fully saturated rings. The number of carbonyl (C=O) groups excluding carboxylic acids is 1. The minimum atomic E-state index is -0.533. The van der Waals surface area contributed by atoms with Gasteiger partial charge in [-0.15, -0.1) is 0 Å². The van der Waals surface area contributed by atoms with E-state index in [-0.39, 0.29) is 24.6 Å². The lowest BCUT2D eigenvalue weighted by atomic mass is 10.1. The van der Waals surface area contributed by atoms with Gasteiger partial charge in [0, 0.05) is 23.9 Å². The molecule has 0 aromatic heterocycles. The molecule has 162 valence electrons. The van der Waals surface area contributed by atoms with Crippen molar-refractivity contribution in [3.05, 3.63) is 46.0 Å². The average molecular weight is 419 g/mol. The topological polar surface area (TPSA) is 121 Å². The number of carbonyl (C=O) groups is 1. The van der Waals surface area contributed by atoms with Gasteiger partial charge in [-0.25, -0.2) is 4.79 Å². The molecule has 0 radical (unpaired) electrons. The first-order valence-corrected chi connectivity index (χ1v) is 9.27. The van der Waals surface area contributed by atoms with Crippen LogP contribution >= 0.6 is 0 Å². The second kappa shape index (κ2) is 10.7. The highest BCUT2D eigenvalue weighted by atomic mass is 16.6. The molecule has 0 bridgehead atoms. The molecular formula is C20H25N3O7. The predicted molar refractivity (Wildman–Crippen MR) is 111 cm³/mol. The van der Waals surface area contributed by atoms with Crippen LogP contribution in [-0.4, -0.2) is 38.4 Å². The van der Waals surface area contributed by atoms with Gasteiger partial charge in [0.15, 0.2) is 17.2 Å². The van der Waals surface area contributed by atoms with Crippen molar-refractivity contribution in [2.75, 3.05) is 32.8 Å². The van der Waals surface area contributed by atoms with Crippen molar-refractivity contribution in [1.29, 1.82) is 0 Å². The molecule has 10 nitrogen and oxygen atoms in total. The van der Waals surface area contributed by atoms with E-state index in [0.717, 1.165) is 0 Å². The van der Waals surface area contributed by atoms with E-state index >= 15 is 0 Å². The zero-order valence-electron chi connectivity index (χ0n) is 17.3. The van der Waals surface area contributed by atoms with Crippen molar-refractivity contribution < 1.29 is 28.7 Å². The minimum Gasteiger partial charge on any atom is -0.493 e. The number of ether oxygens (including phenoxy) is 4. The molecule has 2 amide bonds. The highest BCUT2D eigenvalue weighted by Gasteiger charge is 2.20. The molecule has 2 aromatic carbocycles. The zero-order valence-corrected chi connectivity index (χ0v) is 17.3. The smallest absolute Gasteiger partial charge is 0.319 e. The van der Waals surface area contributed by atoms with Crippen molar-refractivity contribution in [3.8, 4) is 23.0 Å². The van der Waals surface area contributed by atoms with E-state index in [1.54, 1.807) is 32.0 Å². The molecule has 0 saturated carbocycles. The Morgan fingerprint density at radius 3 is 2.23 bits per heavy atom. The van der Waals surface area contributed by atoms with E-state index in [1.165, 1.54) is 26.4 Å². The van der Waals surface area contributed by atoms with Gasteiger partial charge < -0.3 is 29.6 Å². The lowest BCUT2D eigenvalue weighted by Crippen LogP contribution is -2.28. The molecule has 0 saturated heterocycles. The Morgan fingerprint density at radius 1 is 0.967 bits per heavy atom. The van der Waals surface area contributed by atoms with Crippen LogP contribution in [0.15, 0.2) is 30.3 Å². The zero-order chi connectivity index (χ0) is 22.1. The van der Waals surface area contributed by atoms with Crippen molar-refractivity contribution in [2.24, 2.45) is 0 Å². The van der Waals surface area contributed by atoms with Crippen LogP contribution in [0.2, 0.25) is 0 Å². The molecule has 0 atom stereocenters. The number of amides is 2. The van der Waals surface area contributed by atoms with Crippen molar-refractivity contribution in [1.82, 2.24) is 5.32 Å². The highest BCUT2D eigenvalue weighted by molar-refractivity contribution is 5.89. The largest absolute Gasteiger partial charge is 0.493 e. The fourth-order valence-electron chi connectivity index (χ4n) is 2.70. The Morgan fingerprint density at radius 2 is 1.63 bits per heavy atom. The molecule has 0 aliphatic carbocycles.